The largest absolute Gasteiger partial charge is 0.336 e. The summed E-state index contributed by atoms with van der Waals surface area (Å²) in [5.41, 5.74) is 1.90. The van der Waals surface area contributed by atoms with Gasteiger partial charge in [0.05, 0.1) is 11.0 Å². The third-order valence-electron chi connectivity index (χ3n) is 4.62. The van der Waals surface area contributed by atoms with Crippen molar-refractivity contribution in [3.8, 4) is 0 Å². The summed E-state index contributed by atoms with van der Waals surface area (Å²) in [6.07, 6.45) is 0.860. The van der Waals surface area contributed by atoms with Gasteiger partial charge in [-0.05, 0) is 36.2 Å². The monoisotopic (exact) mass is 353 g/mol. The van der Waals surface area contributed by atoms with E-state index in [0.717, 1.165) is 12.0 Å². The van der Waals surface area contributed by atoms with Crippen molar-refractivity contribution in [3.63, 3.8) is 0 Å². The van der Waals surface area contributed by atoms with Crippen LogP contribution in [0.15, 0.2) is 53.3 Å². The second-order valence-electron chi connectivity index (χ2n) is 6.22. The van der Waals surface area contributed by atoms with E-state index in [0.29, 0.717) is 29.1 Å². The number of aromatic nitrogens is 2. The highest BCUT2D eigenvalue weighted by molar-refractivity contribution is 6.30. The molecule has 1 amide bonds. The fourth-order valence-corrected chi connectivity index (χ4v) is 3.40. The molecule has 6 heteroatoms. The Hall–Kier alpha value is -2.66. The van der Waals surface area contributed by atoms with Crippen LogP contribution in [0.2, 0.25) is 5.02 Å². The lowest BCUT2D eigenvalue weighted by molar-refractivity contribution is 0.0783. The van der Waals surface area contributed by atoms with E-state index in [1.807, 2.05) is 36.4 Å². The molecule has 1 fully saturated rings. The summed E-state index contributed by atoms with van der Waals surface area (Å²) >= 11 is 5.93. The van der Waals surface area contributed by atoms with Gasteiger partial charge in [0.15, 0.2) is 5.69 Å². The highest BCUT2D eigenvalue weighted by Crippen LogP contribution is 2.28. The Kier molecular flexibility index (Phi) is 4.01. The van der Waals surface area contributed by atoms with E-state index < -0.39 is 5.56 Å². The minimum Gasteiger partial charge on any atom is -0.336 e. The third-order valence-corrected chi connectivity index (χ3v) is 4.87. The number of carbonyl (C=O) groups is 1. The Morgan fingerprint density at radius 2 is 1.92 bits per heavy atom. The van der Waals surface area contributed by atoms with Crippen molar-refractivity contribution < 1.29 is 4.79 Å². The standard InChI is InChI=1S/C19H16ClN3O2/c20-14-7-5-12(6-8-14)13-9-10-23(11-13)19(25)17-18(24)22-16-4-2-1-3-15(16)21-17/h1-8,13H,9-11H2,(H,22,24). The van der Waals surface area contributed by atoms with E-state index in [1.54, 1.807) is 17.0 Å². The predicted octanol–water partition coefficient (Wildman–Crippen LogP) is 3.21. The molecule has 1 unspecified atom stereocenters. The summed E-state index contributed by atoms with van der Waals surface area (Å²) < 4.78 is 0. The molecule has 1 aliphatic heterocycles. The number of hydrogen-bond donors (Lipinski definition) is 1. The number of aromatic amines is 1. The zero-order valence-corrected chi connectivity index (χ0v) is 14.2. The molecule has 1 saturated heterocycles. The maximum atomic E-state index is 12.8. The molecule has 1 N–H and O–H groups in total. The number of hydrogen-bond acceptors (Lipinski definition) is 3. The number of fused-ring (bicyclic) bond motifs is 1. The molecule has 2 aromatic carbocycles. The molecule has 126 valence electrons. The van der Waals surface area contributed by atoms with Crippen molar-refractivity contribution in [3.05, 3.63) is 75.2 Å². The quantitative estimate of drug-likeness (QED) is 0.769. The SMILES string of the molecule is O=C(c1nc2ccccc2[nH]c1=O)N1CCC(c2ccc(Cl)cc2)C1. The smallest absolute Gasteiger partial charge is 0.280 e. The van der Waals surface area contributed by atoms with Gasteiger partial charge in [-0.3, -0.25) is 9.59 Å². The summed E-state index contributed by atoms with van der Waals surface area (Å²) in [4.78, 5) is 33.7. The van der Waals surface area contributed by atoms with Gasteiger partial charge < -0.3 is 9.88 Å². The molecule has 0 saturated carbocycles. The van der Waals surface area contributed by atoms with Crippen LogP contribution in [0.1, 0.15) is 28.4 Å². The van der Waals surface area contributed by atoms with E-state index >= 15 is 0 Å². The van der Waals surface area contributed by atoms with Crippen molar-refractivity contribution in [1.82, 2.24) is 14.9 Å². The van der Waals surface area contributed by atoms with Crippen molar-refractivity contribution in [2.45, 2.75) is 12.3 Å². The highest BCUT2D eigenvalue weighted by Gasteiger charge is 2.30. The summed E-state index contributed by atoms with van der Waals surface area (Å²) in [5.74, 6) is -0.0655. The van der Waals surface area contributed by atoms with E-state index in [9.17, 15) is 9.59 Å². The average molecular weight is 354 g/mol. The molecule has 0 bridgehead atoms. The van der Waals surface area contributed by atoms with Crippen LogP contribution in [0.4, 0.5) is 0 Å². The Bertz CT molecular complexity index is 997. The van der Waals surface area contributed by atoms with Crippen molar-refractivity contribution in [2.24, 2.45) is 0 Å². The molecular formula is C19H16ClN3O2. The first-order valence-electron chi connectivity index (χ1n) is 8.15. The molecule has 2 heterocycles. The van der Waals surface area contributed by atoms with Gasteiger partial charge in [0, 0.05) is 24.0 Å². The molecule has 1 aliphatic rings. The van der Waals surface area contributed by atoms with Crippen molar-refractivity contribution >= 4 is 28.5 Å². The van der Waals surface area contributed by atoms with Gasteiger partial charge in [0.2, 0.25) is 0 Å². The van der Waals surface area contributed by atoms with Crippen LogP contribution in [0.3, 0.4) is 0 Å². The second kappa shape index (κ2) is 6.33. The number of halogens is 1. The van der Waals surface area contributed by atoms with Gasteiger partial charge in [-0.2, -0.15) is 0 Å². The molecule has 0 aliphatic carbocycles. The fourth-order valence-electron chi connectivity index (χ4n) is 3.28. The second-order valence-corrected chi connectivity index (χ2v) is 6.66. The van der Waals surface area contributed by atoms with Crippen LogP contribution < -0.4 is 5.56 Å². The Morgan fingerprint density at radius 1 is 1.16 bits per heavy atom. The lowest BCUT2D eigenvalue weighted by Crippen LogP contribution is -2.34. The Labute approximate surface area is 149 Å². The Morgan fingerprint density at radius 3 is 2.72 bits per heavy atom. The zero-order chi connectivity index (χ0) is 17.4. The van der Waals surface area contributed by atoms with Gasteiger partial charge in [-0.15, -0.1) is 0 Å². The first-order chi connectivity index (χ1) is 12.1. The maximum absolute atomic E-state index is 12.8. The van der Waals surface area contributed by atoms with Crippen LogP contribution in [0.25, 0.3) is 11.0 Å². The minimum atomic E-state index is -0.446. The fraction of sp³-hybridized carbons (Fsp3) is 0.211. The number of para-hydroxylation sites is 2. The molecular weight excluding hydrogens is 338 g/mol. The molecule has 0 radical (unpaired) electrons. The van der Waals surface area contributed by atoms with Gasteiger partial charge >= 0.3 is 0 Å². The minimum absolute atomic E-state index is 0.0459. The average Bonchev–Trinajstić information content (AvgIpc) is 3.11. The number of nitrogens with zero attached hydrogens (tertiary/aromatic N) is 2. The van der Waals surface area contributed by atoms with E-state index in [-0.39, 0.29) is 17.5 Å². The Balaban J connectivity index is 1.58. The van der Waals surface area contributed by atoms with Gasteiger partial charge in [-0.1, -0.05) is 35.9 Å². The number of carbonyl (C=O) groups excluding carboxylic acids is 1. The van der Waals surface area contributed by atoms with Crippen molar-refractivity contribution in [1.29, 1.82) is 0 Å². The van der Waals surface area contributed by atoms with Crippen LogP contribution in [-0.2, 0) is 0 Å². The highest BCUT2D eigenvalue weighted by atomic mass is 35.5. The molecule has 0 spiro atoms. The van der Waals surface area contributed by atoms with E-state index in [2.05, 4.69) is 9.97 Å². The summed E-state index contributed by atoms with van der Waals surface area (Å²) in [7, 11) is 0. The number of benzene rings is 2. The number of nitrogens with one attached hydrogen (secondary N) is 1. The van der Waals surface area contributed by atoms with Crippen molar-refractivity contribution in [2.75, 3.05) is 13.1 Å². The molecule has 1 aromatic heterocycles. The lowest BCUT2D eigenvalue weighted by Gasteiger charge is -2.16. The number of amides is 1. The zero-order valence-electron chi connectivity index (χ0n) is 13.4. The number of likely N-dealkylation sites (tertiary alicyclic amines) is 1. The molecule has 4 rings (SSSR count). The third kappa shape index (κ3) is 3.03. The lowest BCUT2D eigenvalue weighted by atomic mass is 9.99. The van der Waals surface area contributed by atoms with E-state index in [1.165, 1.54) is 0 Å². The normalized spacial score (nSPS) is 17.2. The maximum Gasteiger partial charge on any atom is 0.280 e. The number of H-pyrrole nitrogens is 1. The predicted molar refractivity (Wildman–Crippen MR) is 97.1 cm³/mol. The van der Waals surface area contributed by atoms with Crippen LogP contribution in [0, 0.1) is 0 Å². The van der Waals surface area contributed by atoms with E-state index in [4.69, 9.17) is 11.6 Å². The summed E-state index contributed by atoms with van der Waals surface area (Å²) in [5, 5.41) is 0.696. The first kappa shape index (κ1) is 15.8. The van der Waals surface area contributed by atoms with Gasteiger partial charge in [-0.25, -0.2) is 4.98 Å². The van der Waals surface area contributed by atoms with Crippen LogP contribution in [0.5, 0.6) is 0 Å². The number of rotatable bonds is 2. The summed E-state index contributed by atoms with van der Waals surface area (Å²) in [6.45, 7) is 1.19. The molecule has 25 heavy (non-hydrogen) atoms. The molecule has 5 nitrogen and oxygen atoms in total. The summed E-state index contributed by atoms with van der Waals surface area (Å²) in [6, 6.07) is 14.9. The van der Waals surface area contributed by atoms with Gasteiger partial charge in [0.1, 0.15) is 0 Å². The molecule has 3 aromatic rings. The topological polar surface area (TPSA) is 66.1 Å². The first-order valence-corrected chi connectivity index (χ1v) is 8.53. The van der Waals surface area contributed by atoms with Gasteiger partial charge in [0.25, 0.3) is 11.5 Å². The van der Waals surface area contributed by atoms with Crippen LogP contribution >= 0.6 is 11.6 Å². The van der Waals surface area contributed by atoms with Crippen LogP contribution in [-0.4, -0.2) is 33.9 Å². The molecule has 1 atom stereocenters.